The third kappa shape index (κ3) is 3.62. The highest BCUT2D eigenvalue weighted by Crippen LogP contribution is 2.23. The average Bonchev–Trinajstić information content (AvgIpc) is 2.28. The Morgan fingerprint density at radius 3 is 1.94 bits per heavy atom. The van der Waals surface area contributed by atoms with Crippen molar-refractivity contribution in [1.82, 2.24) is 4.90 Å². The monoisotopic (exact) mass is 243 g/mol. The molecule has 0 aliphatic carbocycles. The number of terminal acetylenes is 1. The van der Waals surface area contributed by atoms with Crippen molar-refractivity contribution in [2.45, 2.75) is 52.1 Å². The average molecular weight is 243 g/mol. The van der Waals surface area contributed by atoms with Crippen LogP contribution in [0.25, 0.3) is 0 Å². The van der Waals surface area contributed by atoms with Gasteiger partial charge in [0.1, 0.15) is 0 Å². The maximum absolute atomic E-state index is 5.55. The summed E-state index contributed by atoms with van der Waals surface area (Å²) >= 11 is 0. The van der Waals surface area contributed by atoms with Gasteiger partial charge in [-0.2, -0.15) is 0 Å². The minimum absolute atomic E-state index is 0.206. The quantitative estimate of drug-likeness (QED) is 0.729. The molecule has 0 spiro atoms. The zero-order chi connectivity index (χ0) is 14.0. The van der Waals surface area contributed by atoms with E-state index in [1.165, 1.54) is 11.1 Å². The molecule has 0 saturated heterocycles. The molecule has 0 aliphatic rings. The molecule has 0 bridgehead atoms. The topological polar surface area (TPSA) is 3.24 Å². The lowest BCUT2D eigenvalue weighted by molar-refractivity contribution is 0.205. The molecule has 0 atom stereocenters. The summed E-state index contributed by atoms with van der Waals surface area (Å²) in [5.74, 6) is 2.82. The Bertz CT molecular complexity index is 426. The molecular weight excluding hydrogens is 218 g/mol. The Morgan fingerprint density at radius 2 is 1.56 bits per heavy atom. The van der Waals surface area contributed by atoms with Gasteiger partial charge in [0.15, 0.2) is 0 Å². The first-order valence-electron chi connectivity index (χ1n) is 6.45. The third-order valence-corrected chi connectivity index (χ3v) is 3.55. The van der Waals surface area contributed by atoms with Crippen molar-refractivity contribution < 1.29 is 0 Å². The van der Waals surface area contributed by atoms with E-state index in [9.17, 15) is 0 Å². The molecule has 0 radical (unpaired) electrons. The molecule has 0 N–H and O–H groups in total. The van der Waals surface area contributed by atoms with Gasteiger partial charge in [-0.15, -0.1) is 6.42 Å². The van der Waals surface area contributed by atoms with Crippen LogP contribution in [0, 0.1) is 12.3 Å². The first-order chi connectivity index (χ1) is 8.16. The van der Waals surface area contributed by atoms with Gasteiger partial charge in [0.05, 0.1) is 5.54 Å². The third-order valence-electron chi connectivity index (χ3n) is 3.55. The number of hydrogen-bond acceptors (Lipinski definition) is 1. The minimum Gasteiger partial charge on any atom is -0.287 e. The van der Waals surface area contributed by atoms with Crippen LogP contribution in [0.15, 0.2) is 24.3 Å². The maximum atomic E-state index is 5.55. The second-order valence-electron chi connectivity index (χ2n) is 6.51. The summed E-state index contributed by atoms with van der Waals surface area (Å²) in [6.07, 6.45) is 5.55. The molecule has 0 aliphatic heterocycles. The molecule has 0 saturated carbocycles. The molecule has 1 aromatic carbocycles. The van der Waals surface area contributed by atoms with Crippen LogP contribution in [0.2, 0.25) is 0 Å². The largest absolute Gasteiger partial charge is 0.287 e. The van der Waals surface area contributed by atoms with E-state index in [1.807, 2.05) is 0 Å². The Balaban J connectivity index is 2.80. The van der Waals surface area contributed by atoms with Crippen LogP contribution in [-0.4, -0.2) is 17.5 Å². The molecule has 0 heterocycles. The van der Waals surface area contributed by atoms with Crippen LogP contribution in [0.4, 0.5) is 0 Å². The van der Waals surface area contributed by atoms with E-state index >= 15 is 0 Å². The smallest absolute Gasteiger partial charge is 0.0766 e. The van der Waals surface area contributed by atoms with E-state index in [2.05, 4.69) is 76.8 Å². The highest BCUT2D eigenvalue weighted by atomic mass is 15.2. The van der Waals surface area contributed by atoms with Gasteiger partial charge in [-0.05, 0) is 37.4 Å². The van der Waals surface area contributed by atoms with Crippen molar-refractivity contribution in [2.24, 2.45) is 0 Å². The van der Waals surface area contributed by atoms with Crippen LogP contribution >= 0.6 is 0 Å². The fourth-order valence-corrected chi connectivity index (χ4v) is 1.69. The van der Waals surface area contributed by atoms with Crippen molar-refractivity contribution in [1.29, 1.82) is 0 Å². The van der Waals surface area contributed by atoms with Crippen molar-refractivity contribution in [3.05, 3.63) is 35.4 Å². The van der Waals surface area contributed by atoms with Crippen molar-refractivity contribution in [3.8, 4) is 12.3 Å². The minimum atomic E-state index is -0.206. The normalized spacial score (nSPS) is 12.6. The van der Waals surface area contributed by atoms with E-state index in [1.54, 1.807) is 0 Å². The lowest BCUT2D eigenvalue weighted by Gasteiger charge is -2.31. The lowest BCUT2D eigenvalue weighted by atomic mass is 9.86. The Labute approximate surface area is 112 Å². The summed E-state index contributed by atoms with van der Waals surface area (Å²) in [6, 6.07) is 8.82. The van der Waals surface area contributed by atoms with E-state index < -0.39 is 0 Å². The molecule has 1 rings (SSSR count). The maximum Gasteiger partial charge on any atom is 0.0766 e. The second kappa shape index (κ2) is 5.16. The van der Waals surface area contributed by atoms with E-state index in [4.69, 9.17) is 6.42 Å². The lowest BCUT2D eigenvalue weighted by Crippen LogP contribution is -2.39. The summed E-state index contributed by atoms with van der Waals surface area (Å²) in [6.45, 7) is 11.7. The van der Waals surface area contributed by atoms with Crippen molar-refractivity contribution in [3.63, 3.8) is 0 Å². The molecule has 0 amide bonds. The number of rotatable bonds is 3. The first-order valence-corrected chi connectivity index (χ1v) is 6.45. The van der Waals surface area contributed by atoms with Gasteiger partial charge in [0, 0.05) is 6.54 Å². The zero-order valence-corrected chi connectivity index (χ0v) is 12.5. The number of hydrogen-bond donors (Lipinski definition) is 0. The highest BCUT2D eigenvalue weighted by molar-refractivity contribution is 5.27. The molecule has 18 heavy (non-hydrogen) atoms. The Hall–Kier alpha value is -1.26. The summed E-state index contributed by atoms with van der Waals surface area (Å²) in [4.78, 5) is 2.19. The summed E-state index contributed by atoms with van der Waals surface area (Å²) in [5, 5.41) is 0. The van der Waals surface area contributed by atoms with E-state index in [0.717, 1.165) is 6.54 Å². The van der Waals surface area contributed by atoms with Crippen molar-refractivity contribution >= 4 is 0 Å². The van der Waals surface area contributed by atoms with E-state index in [-0.39, 0.29) is 11.0 Å². The standard InChI is InChI=1S/C17H25N/c1-8-17(5,6)18(7)13-14-9-11-15(12-10-14)16(2,3)4/h1,9-12H,13H2,2-7H3. The summed E-state index contributed by atoms with van der Waals surface area (Å²) in [7, 11) is 2.07. The Kier molecular flexibility index (Phi) is 4.24. The predicted octanol–water partition coefficient (Wildman–Crippen LogP) is 3.83. The van der Waals surface area contributed by atoms with E-state index in [0.29, 0.717) is 0 Å². The van der Waals surface area contributed by atoms with Crippen LogP contribution in [-0.2, 0) is 12.0 Å². The predicted molar refractivity (Wildman–Crippen MR) is 79.5 cm³/mol. The highest BCUT2D eigenvalue weighted by Gasteiger charge is 2.20. The van der Waals surface area contributed by atoms with Gasteiger partial charge in [0.2, 0.25) is 0 Å². The molecule has 0 unspecified atom stereocenters. The van der Waals surface area contributed by atoms with Crippen LogP contribution < -0.4 is 0 Å². The van der Waals surface area contributed by atoms with Crippen LogP contribution in [0.5, 0.6) is 0 Å². The van der Waals surface area contributed by atoms with Gasteiger partial charge >= 0.3 is 0 Å². The van der Waals surface area contributed by atoms with Gasteiger partial charge < -0.3 is 0 Å². The van der Waals surface area contributed by atoms with Crippen LogP contribution in [0.3, 0.4) is 0 Å². The van der Waals surface area contributed by atoms with Gasteiger partial charge in [0.25, 0.3) is 0 Å². The summed E-state index contributed by atoms with van der Waals surface area (Å²) in [5.41, 5.74) is 2.67. The fraction of sp³-hybridized carbons (Fsp3) is 0.529. The Morgan fingerprint density at radius 1 is 1.06 bits per heavy atom. The SMILES string of the molecule is C#CC(C)(C)N(C)Cc1ccc(C(C)(C)C)cc1. The summed E-state index contributed by atoms with van der Waals surface area (Å²) < 4.78 is 0. The van der Waals surface area contributed by atoms with Crippen LogP contribution in [0.1, 0.15) is 45.7 Å². The zero-order valence-electron chi connectivity index (χ0n) is 12.5. The van der Waals surface area contributed by atoms with Gasteiger partial charge in [-0.1, -0.05) is 51.0 Å². The molecule has 1 heteroatoms. The van der Waals surface area contributed by atoms with Gasteiger partial charge in [-0.25, -0.2) is 0 Å². The fourth-order valence-electron chi connectivity index (χ4n) is 1.69. The molecule has 98 valence electrons. The molecule has 0 aromatic heterocycles. The van der Waals surface area contributed by atoms with Gasteiger partial charge in [-0.3, -0.25) is 4.90 Å². The molecule has 1 aromatic rings. The number of nitrogens with zero attached hydrogens (tertiary/aromatic N) is 1. The first kappa shape index (κ1) is 14.8. The molecular formula is C17H25N. The molecule has 1 nitrogen and oxygen atoms in total. The second-order valence-corrected chi connectivity index (χ2v) is 6.51. The molecule has 0 fully saturated rings. The number of benzene rings is 1. The van der Waals surface area contributed by atoms with Crippen molar-refractivity contribution in [2.75, 3.05) is 7.05 Å².